The first kappa shape index (κ1) is 26.6. The molecule has 0 amide bonds. The molecule has 16 heteroatoms. The van der Waals surface area contributed by atoms with E-state index in [1.807, 2.05) is 0 Å². The number of sulfonamides is 2. The van der Waals surface area contributed by atoms with Gasteiger partial charge in [-0.1, -0.05) is 11.3 Å². The molecule has 2 aromatic carbocycles. The third-order valence-corrected chi connectivity index (χ3v) is 7.83. The van der Waals surface area contributed by atoms with Gasteiger partial charge >= 0.3 is 0 Å². The lowest BCUT2D eigenvalue weighted by molar-refractivity contribution is 0.392. The molecule has 0 spiro atoms. The summed E-state index contributed by atoms with van der Waals surface area (Å²) < 4.78 is 57.3. The number of aryl methyl sites for hydroxylation is 1. The van der Waals surface area contributed by atoms with Crippen LogP contribution in [0.3, 0.4) is 0 Å². The van der Waals surface area contributed by atoms with Crippen LogP contribution in [0.2, 0.25) is 0 Å². The molecule has 0 fully saturated rings. The van der Waals surface area contributed by atoms with E-state index >= 15 is 0 Å². The smallest absolute Gasteiger partial charge is 0.263 e. The molecule has 4 aromatic rings. The molecule has 0 aliphatic rings. The van der Waals surface area contributed by atoms with Crippen molar-refractivity contribution in [3.63, 3.8) is 0 Å². The summed E-state index contributed by atoms with van der Waals surface area (Å²) in [6, 6.07) is 14.7. The Morgan fingerprint density at radius 3 is 1.67 bits per heavy atom. The summed E-state index contributed by atoms with van der Waals surface area (Å²) in [4.78, 5) is 0.235. The van der Waals surface area contributed by atoms with Gasteiger partial charge in [-0.2, -0.15) is 0 Å². The van der Waals surface area contributed by atoms with Crippen molar-refractivity contribution in [3.05, 3.63) is 65.7 Å². The highest BCUT2D eigenvalue weighted by molar-refractivity contribution is 7.93. The van der Waals surface area contributed by atoms with Gasteiger partial charge in [0.15, 0.2) is 5.82 Å². The second kappa shape index (κ2) is 11.1. The van der Waals surface area contributed by atoms with Crippen molar-refractivity contribution < 1.29 is 21.6 Å². The van der Waals surface area contributed by atoms with Gasteiger partial charge < -0.3 is 16.2 Å². The molecule has 0 saturated carbocycles. The molecule has 2 heterocycles. The van der Waals surface area contributed by atoms with Gasteiger partial charge in [0.2, 0.25) is 11.0 Å². The minimum Gasteiger partial charge on any atom is -0.480 e. The van der Waals surface area contributed by atoms with Crippen LogP contribution in [0.5, 0.6) is 5.88 Å². The molecule has 0 atom stereocenters. The highest BCUT2D eigenvalue weighted by atomic mass is 32.2. The average molecular weight is 551 g/mol. The van der Waals surface area contributed by atoms with E-state index in [1.165, 1.54) is 79.1 Å². The van der Waals surface area contributed by atoms with Crippen molar-refractivity contribution in [3.8, 4) is 5.88 Å². The van der Waals surface area contributed by atoms with Gasteiger partial charge in [0, 0.05) is 17.4 Å². The van der Waals surface area contributed by atoms with Gasteiger partial charge in [-0.05, 0) is 61.5 Å². The number of nitrogens with two attached hydrogens (primary N) is 2. The molecule has 2 aromatic heterocycles. The SMILES string of the molecule is COc1ccc(NS(=O)(=O)c2ccc(N)cc2)nn1.Cc1nnc(NS(=O)(=O)c2ccc(N)cc2)s1. The van der Waals surface area contributed by atoms with Crippen LogP contribution in [0.25, 0.3) is 0 Å². The highest BCUT2D eigenvalue weighted by Crippen LogP contribution is 2.20. The molecule has 0 unspecified atom stereocenters. The Hall–Kier alpha value is -4.02. The fourth-order valence-corrected chi connectivity index (χ4v) is 5.30. The van der Waals surface area contributed by atoms with Crippen LogP contribution in [0.15, 0.2) is 70.5 Å². The number of hydrogen-bond donors (Lipinski definition) is 4. The second-order valence-corrected chi connectivity index (χ2v) is 11.5. The zero-order chi connectivity index (χ0) is 26.3. The summed E-state index contributed by atoms with van der Waals surface area (Å²) in [6.45, 7) is 1.75. The second-order valence-electron chi connectivity index (χ2n) is 6.94. The molecular formula is C20H22N8O5S3. The van der Waals surface area contributed by atoms with E-state index < -0.39 is 20.0 Å². The Labute approximate surface area is 211 Å². The monoisotopic (exact) mass is 550 g/mol. The number of nitrogen functional groups attached to an aromatic ring is 2. The first-order chi connectivity index (χ1) is 17.0. The third-order valence-electron chi connectivity index (χ3n) is 4.22. The van der Waals surface area contributed by atoms with Gasteiger partial charge in [0.05, 0.1) is 16.9 Å². The van der Waals surface area contributed by atoms with Crippen LogP contribution in [-0.4, -0.2) is 44.3 Å². The number of methoxy groups -OCH3 is 1. The highest BCUT2D eigenvalue weighted by Gasteiger charge is 2.16. The van der Waals surface area contributed by atoms with E-state index in [9.17, 15) is 16.8 Å². The number of aromatic nitrogens is 4. The van der Waals surface area contributed by atoms with Crippen molar-refractivity contribution in [2.45, 2.75) is 16.7 Å². The maximum atomic E-state index is 12.0. The first-order valence-corrected chi connectivity index (χ1v) is 13.7. The summed E-state index contributed by atoms with van der Waals surface area (Å²) in [7, 11) is -5.87. The average Bonchev–Trinajstić information content (AvgIpc) is 3.24. The summed E-state index contributed by atoms with van der Waals surface area (Å²) in [5.41, 5.74) is 12.0. The minimum atomic E-state index is -3.70. The summed E-state index contributed by atoms with van der Waals surface area (Å²) >= 11 is 1.18. The van der Waals surface area contributed by atoms with E-state index in [0.29, 0.717) is 22.3 Å². The third kappa shape index (κ3) is 7.24. The lowest BCUT2D eigenvalue weighted by Gasteiger charge is -2.07. The Morgan fingerprint density at radius 2 is 1.25 bits per heavy atom. The standard InChI is InChI=1S/C11H12N4O3S.C9H10N4O2S2/c1-18-11-7-6-10(13-14-11)15-19(16,17)9-4-2-8(12)3-5-9;1-6-11-12-9(16-6)13-17(14,15)8-4-2-7(10)3-5-8/h2-7H,12H2,1H3,(H,13,15);2-5H,10H2,1H3,(H,12,13). The van der Waals surface area contributed by atoms with Crippen LogP contribution < -0.4 is 25.6 Å². The van der Waals surface area contributed by atoms with E-state index in [-0.39, 0.29) is 20.7 Å². The molecule has 0 saturated heterocycles. The van der Waals surface area contributed by atoms with Gasteiger partial charge in [-0.25, -0.2) is 16.8 Å². The number of nitrogens with zero attached hydrogens (tertiary/aromatic N) is 4. The fourth-order valence-electron chi connectivity index (χ4n) is 2.49. The minimum absolute atomic E-state index is 0.0966. The number of hydrogen-bond acceptors (Lipinski definition) is 12. The van der Waals surface area contributed by atoms with E-state index in [4.69, 9.17) is 16.2 Å². The van der Waals surface area contributed by atoms with Gasteiger partial charge in [-0.3, -0.25) is 9.44 Å². The van der Waals surface area contributed by atoms with E-state index in [2.05, 4.69) is 29.8 Å². The molecule has 190 valence electrons. The predicted molar refractivity (Wildman–Crippen MR) is 137 cm³/mol. The van der Waals surface area contributed by atoms with Crippen molar-refractivity contribution in [1.82, 2.24) is 20.4 Å². The predicted octanol–water partition coefficient (Wildman–Crippen LogP) is 2.10. The normalized spacial score (nSPS) is 11.2. The topological polar surface area (TPSA) is 205 Å². The zero-order valence-electron chi connectivity index (χ0n) is 19.0. The van der Waals surface area contributed by atoms with Crippen LogP contribution in [0, 0.1) is 6.92 Å². The van der Waals surface area contributed by atoms with Crippen LogP contribution >= 0.6 is 11.3 Å². The molecule has 0 radical (unpaired) electrons. The van der Waals surface area contributed by atoms with Crippen LogP contribution in [0.1, 0.15) is 5.01 Å². The lowest BCUT2D eigenvalue weighted by Crippen LogP contribution is -2.14. The lowest BCUT2D eigenvalue weighted by atomic mass is 10.3. The Balaban J connectivity index is 0.000000202. The summed E-state index contributed by atoms with van der Waals surface area (Å²) in [5.74, 6) is 0.410. The van der Waals surface area contributed by atoms with Gasteiger partial charge in [0.1, 0.15) is 5.01 Å². The molecule has 0 aliphatic carbocycles. The van der Waals surface area contributed by atoms with Crippen LogP contribution in [-0.2, 0) is 20.0 Å². The van der Waals surface area contributed by atoms with Crippen LogP contribution in [0.4, 0.5) is 22.3 Å². The molecule has 13 nitrogen and oxygen atoms in total. The van der Waals surface area contributed by atoms with Crippen molar-refractivity contribution in [2.75, 3.05) is 28.0 Å². The van der Waals surface area contributed by atoms with E-state index in [1.54, 1.807) is 6.92 Å². The maximum absolute atomic E-state index is 12.0. The quantitative estimate of drug-likeness (QED) is 0.245. The maximum Gasteiger partial charge on any atom is 0.263 e. The van der Waals surface area contributed by atoms with Crippen molar-refractivity contribution >= 4 is 53.7 Å². The summed E-state index contributed by atoms with van der Waals surface area (Å²) in [6.07, 6.45) is 0. The summed E-state index contributed by atoms with van der Waals surface area (Å²) in [5, 5.41) is 15.7. The number of anilines is 4. The molecule has 6 N–H and O–H groups in total. The van der Waals surface area contributed by atoms with Gasteiger partial charge in [0.25, 0.3) is 20.0 Å². The first-order valence-electron chi connectivity index (χ1n) is 9.93. The van der Waals surface area contributed by atoms with E-state index in [0.717, 1.165) is 0 Å². The van der Waals surface area contributed by atoms with Crippen molar-refractivity contribution in [2.24, 2.45) is 0 Å². The fraction of sp³-hybridized carbons (Fsp3) is 0.100. The largest absolute Gasteiger partial charge is 0.480 e. The Kier molecular flexibility index (Phi) is 8.23. The van der Waals surface area contributed by atoms with Crippen molar-refractivity contribution in [1.29, 1.82) is 0 Å². The number of ether oxygens (including phenoxy) is 1. The Morgan fingerprint density at radius 1 is 0.722 bits per heavy atom. The number of nitrogens with one attached hydrogen (secondary N) is 2. The van der Waals surface area contributed by atoms with Gasteiger partial charge in [-0.15, -0.1) is 20.4 Å². The number of benzene rings is 2. The molecule has 0 aliphatic heterocycles. The molecule has 4 rings (SSSR count). The Bertz CT molecular complexity index is 1510. The zero-order valence-corrected chi connectivity index (χ0v) is 21.4. The number of rotatable bonds is 7. The molecule has 36 heavy (non-hydrogen) atoms. The molecular weight excluding hydrogens is 528 g/mol. The molecule has 0 bridgehead atoms.